The molecule has 0 aromatic heterocycles. The van der Waals surface area contributed by atoms with Crippen LogP contribution in [0.3, 0.4) is 0 Å². The Morgan fingerprint density at radius 2 is 2.00 bits per heavy atom. The van der Waals surface area contributed by atoms with E-state index in [1.54, 1.807) is 18.9 Å². The van der Waals surface area contributed by atoms with Crippen molar-refractivity contribution < 1.29 is 9.59 Å². The number of nitrogens with zero attached hydrogens (tertiary/aromatic N) is 1. The Balaban J connectivity index is 3.92. The fourth-order valence-corrected chi connectivity index (χ4v) is 0.880. The first-order valence-corrected chi connectivity index (χ1v) is 4.43. The summed E-state index contributed by atoms with van der Waals surface area (Å²) in [6, 6.07) is 0. The van der Waals surface area contributed by atoms with Gasteiger partial charge in [0.25, 0.3) is 0 Å². The van der Waals surface area contributed by atoms with Crippen LogP contribution in [-0.2, 0) is 9.59 Å². The van der Waals surface area contributed by atoms with E-state index in [1.165, 1.54) is 6.92 Å². The molecule has 0 rings (SSSR count). The molecular weight excluding hydrogens is 168 g/mol. The van der Waals surface area contributed by atoms with Crippen molar-refractivity contribution in [3.8, 4) is 0 Å². The number of Topliss-reactive ketones (excluding diaryl/α,β-unsaturated/α-hetero) is 1. The van der Waals surface area contributed by atoms with Gasteiger partial charge in [-0.2, -0.15) is 0 Å². The smallest absolute Gasteiger partial charge is 0.223 e. The zero-order chi connectivity index (χ0) is 10.4. The van der Waals surface area contributed by atoms with Crippen LogP contribution in [0.2, 0.25) is 0 Å². The summed E-state index contributed by atoms with van der Waals surface area (Å²) in [4.78, 5) is 23.8. The Labute approximate surface area is 79.1 Å². The summed E-state index contributed by atoms with van der Waals surface area (Å²) >= 11 is 0. The maximum absolute atomic E-state index is 11.4. The van der Waals surface area contributed by atoms with Crippen LogP contribution in [-0.4, -0.2) is 36.7 Å². The lowest BCUT2D eigenvalue weighted by molar-refractivity contribution is -0.133. The third-order valence-electron chi connectivity index (χ3n) is 2.07. The van der Waals surface area contributed by atoms with Gasteiger partial charge in [-0.25, -0.2) is 0 Å². The highest BCUT2D eigenvalue weighted by Gasteiger charge is 2.15. The van der Waals surface area contributed by atoms with Crippen molar-refractivity contribution in [1.82, 2.24) is 4.90 Å². The van der Waals surface area contributed by atoms with Gasteiger partial charge in [-0.15, -0.1) is 0 Å². The van der Waals surface area contributed by atoms with Gasteiger partial charge in [-0.3, -0.25) is 9.59 Å². The molecule has 0 aromatic carbocycles. The van der Waals surface area contributed by atoms with Crippen molar-refractivity contribution in [1.29, 1.82) is 0 Å². The van der Waals surface area contributed by atoms with Crippen LogP contribution in [0, 0.1) is 5.92 Å². The molecule has 13 heavy (non-hydrogen) atoms. The third kappa shape index (κ3) is 4.62. The molecular formula is C9H18N2O2. The lowest BCUT2D eigenvalue weighted by Gasteiger charge is -2.17. The molecule has 0 aliphatic rings. The Hall–Kier alpha value is -0.900. The largest absolute Gasteiger partial charge is 0.344 e. The Morgan fingerprint density at radius 1 is 1.46 bits per heavy atom. The van der Waals surface area contributed by atoms with Gasteiger partial charge in [-0.1, -0.05) is 6.92 Å². The van der Waals surface area contributed by atoms with Crippen LogP contribution < -0.4 is 5.73 Å². The zero-order valence-corrected chi connectivity index (χ0v) is 8.54. The molecule has 0 heterocycles. The van der Waals surface area contributed by atoms with Crippen LogP contribution in [0.1, 0.15) is 20.3 Å². The van der Waals surface area contributed by atoms with Crippen molar-refractivity contribution in [2.45, 2.75) is 20.3 Å². The predicted molar refractivity (Wildman–Crippen MR) is 51.2 cm³/mol. The van der Waals surface area contributed by atoms with E-state index in [4.69, 9.17) is 5.73 Å². The second kappa shape index (κ2) is 5.70. The molecule has 4 nitrogen and oxygen atoms in total. The van der Waals surface area contributed by atoms with Crippen molar-refractivity contribution >= 4 is 11.7 Å². The quantitative estimate of drug-likeness (QED) is 0.658. The van der Waals surface area contributed by atoms with Gasteiger partial charge in [0.05, 0.1) is 0 Å². The lowest BCUT2D eigenvalue weighted by Crippen LogP contribution is -2.33. The molecule has 0 aliphatic heterocycles. The fourth-order valence-electron chi connectivity index (χ4n) is 0.880. The number of amides is 1. The molecule has 0 radical (unpaired) electrons. The molecule has 0 fully saturated rings. The van der Waals surface area contributed by atoms with E-state index < -0.39 is 0 Å². The summed E-state index contributed by atoms with van der Waals surface area (Å²) in [5.41, 5.74) is 5.30. The van der Waals surface area contributed by atoms with Crippen molar-refractivity contribution in [2.75, 3.05) is 20.1 Å². The zero-order valence-electron chi connectivity index (χ0n) is 8.54. The second-order valence-electron chi connectivity index (χ2n) is 3.32. The monoisotopic (exact) mass is 186 g/mol. The van der Waals surface area contributed by atoms with Crippen molar-refractivity contribution in [2.24, 2.45) is 11.7 Å². The number of likely N-dealkylation sites (N-methyl/N-ethyl adjacent to an activating group) is 1. The Morgan fingerprint density at radius 3 is 2.38 bits per heavy atom. The summed E-state index contributed by atoms with van der Waals surface area (Å²) in [5, 5.41) is 0. The maximum atomic E-state index is 11.4. The number of carbonyl (C=O) groups excluding carboxylic acids is 2. The average molecular weight is 186 g/mol. The molecule has 1 atom stereocenters. The van der Waals surface area contributed by atoms with Crippen molar-refractivity contribution in [3.05, 3.63) is 0 Å². The molecule has 0 spiro atoms. The van der Waals surface area contributed by atoms with E-state index in [2.05, 4.69) is 0 Å². The molecule has 0 aromatic rings. The van der Waals surface area contributed by atoms with Gasteiger partial charge in [-0.05, 0) is 6.92 Å². The molecule has 0 saturated heterocycles. The van der Waals surface area contributed by atoms with Crippen LogP contribution in [0.15, 0.2) is 0 Å². The summed E-state index contributed by atoms with van der Waals surface area (Å²) in [6.07, 6.45) is 0.284. The summed E-state index contributed by atoms with van der Waals surface area (Å²) in [5.74, 6) is -0.157. The minimum absolute atomic E-state index is 0.0202. The number of ketones is 1. The van der Waals surface area contributed by atoms with Crippen LogP contribution >= 0.6 is 0 Å². The molecule has 0 aliphatic carbocycles. The van der Waals surface area contributed by atoms with E-state index in [-0.39, 0.29) is 24.0 Å². The molecule has 0 bridgehead atoms. The minimum atomic E-state index is -0.187. The fraction of sp³-hybridized carbons (Fsp3) is 0.778. The normalized spacial score (nSPS) is 12.3. The van der Waals surface area contributed by atoms with Gasteiger partial charge < -0.3 is 10.6 Å². The molecule has 0 saturated carbocycles. The standard InChI is InChI=1S/C9H18N2O2/c1-7(8(2)12)6-9(13)11(3)5-4-10/h7H,4-6,10H2,1-3H3. The van der Waals surface area contributed by atoms with Crippen LogP contribution in [0.25, 0.3) is 0 Å². The van der Waals surface area contributed by atoms with E-state index in [0.717, 1.165) is 0 Å². The molecule has 1 unspecified atom stereocenters. The van der Waals surface area contributed by atoms with Crippen LogP contribution in [0.5, 0.6) is 0 Å². The van der Waals surface area contributed by atoms with Crippen molar-refractivity contribution in [3.63, 3.8) is 0 Å². The lowest BCUT2D eigenvalue weighted by atomic mass is 10.0. The first-order valence-electron chi connectivity index (χ1n) is 4.43. The first kappa shape index (κ1) is 12.1. The van der Waals surface area contributed by atoms with E-state index in [1.807, 2.05) is 0 Å². The average Bonchev–Trinajstić information content (AvgIpc) is 2.04. The number of rotatable bonds is 5. The van der Waals surface area contributed by atoms with E-state index in [9.17, 15) is 9.59 Å². The van der Waals surface area contributed by atoms with Gasteiger partial charge in [0.1, 0.15) is 5.78 Å². The Bertz CT molecular complexity index is 192. The maximum Gasteiger partial charge on any atom is 0.223 e. The van der Waals surface area contributed by atoms with Crippen LogP contribution in [0.4, 0.5) is 0 Å². The summed E-state index contributed by atoms with van der Waals surface area (Å²) in [7, 11) is 1.70. The first-order chi connectivity index (χ1) is 5.99. The molecule has 76 valence electrons. The molecule has 2 N–H and O–H groups in total. The number of hydrogen-bond acceptors (Lipinski definition) is 3. The summed E-state index contributed by atoms with van der Waals surface area (Å²) in [6.45, 7) is 4.26. The minimum Gasteiger partial charge on any atom is -0.344 e. The number of hydrogen-bond donors (Lipinski definition) is 1. The number of carbonyl (C=O) groups is 2. The second-order valence-corrected chi connectivity index (χ2v) is 3.32. The van der Waals surface area contributed by atoms with Gasteiger partial charge in [0, 0.05) is 32.5 Å². The topological polar surface area (TPSA) is 63.4 Å². The Kier molecular flexibility index (Phi) is 5.30. The molecule has 4 heteroatoms. The highest BCUT2D eigenvalue weighted by atomic mass is 16.2. The predicted octanol–water partition coefficient (Wildman–Crippen LogP) is 0.0187. The van der Waals surface area contributed by atoms with Gasteiger partial charge in [0.15, 0.2) is 0 Å². The van der Waals surface area contributed by atoms with E-state index >= 15 is 0 Å². The van der Waals surface area contributed by atoms with Gasteiger partial charge >= 0.3 is 0 Å². The number of nitrogens with two attached hydrogens (primary N) is 1. The highest BCUT2D eigenvalue weighted by Crippen LogP contribution is 2.05. The van der Waals surface area contributed by atoms with E-state index in [0.29, 0.717) is 13.1 Å². The SMILES string of the molecule is CC(=O)C(C)CC(=O)N(C)CCN. The van der Waals surface area contributed by atoms with Gasteiger partial charge in [0.2, 0.25) is 5.91 Å². The molecule has 1 amide bonds. The summed E-state index contributed by atoms with van der Waals surface area (Å²) < 4.78 is 0. The third-order valence-corrected chi connectivity index (χ3v) is 2.07. The highest BCUT2D eigenvalue weighted by molar-refractivity contribution is 5.85.